The molecule has 18 heavy (non-hydrogen) atoms. The van der Waals surface area contributed by atoms with Crippen LogP contribution in [0.15, 0.2) is 30.6 Å². The van der Waals surface area contributed by atoms with Gasteiger partial charge in [-0.25, -0.2) is 4.98 Å². The van der Waals surface area contributed by atoms with Crippen molar-refractivity contribution < 1.29 is 4.79 Å². The van der Waals surface area contributed by atoms with Crippen molar-refractivity contribution in [3.63, 3.8) is 0 Å². The quantitative estimate of drug-likeness (QED) is 0.803. The van der Waals surface area contributed by atoms with E-state index in [-0.39, 0.29) is 12.2 Å². The number of benzene rings is 1. The van der Waals surface area contributed by atoms with Gasteiger partial charge in [-0.1, -0.05) is 29.3 Å². The average Bonchev–Trinajstić information content (AvgIpc) is 2.76. The minimum Gasteiger partial charge on any atom is -0.335 e. The van der Waals surface area contributed by atoms with Crippen LogP contribution in [0.3, 0.4) is 0 Å². The number of aryl methyl sites for hydroxylation is 1. The van der Waals surface area contributed by atoms with Gasteiger partial charge in [0.1, 0.15) is 5.82 Å². The maximum absolute atomic E-state index is 12.2. The Morgan fingerprint density at radius 2 is 2.00 bits per heavy atom. The highest BCUT2D eigenvalue weighted by atomic mass is 35.5. The van der Waals surface area contributed by atoms with Crippen molar-refractivity contribution in [3.05, 3.63) is 52.0 Å². The summed E-state index contributed by atoms with van der Waals surface area (Å²) in [5.41, 5.74) is 0.367. The van der Waals surface area contributed by atoms with Crippen LogP contribution in [0.5, 0.6) is 0 Å². The molecule has 0 aliphatic heterocycles. The Morgan fingerprint density at radius 3 is 2.61 bits per heavy atom. The van der Waals surface area contributed by atoms with Gasteiger partial charge in [-0.2, -0.15) is 0 Å². The summed E-state index contributed by atoms with van der Waals surface area (Å²) in [5, 5.41) is 0.754. The van der Waals surface area contributed by atoms with Crippen LogP contribution < -0.4 is 0 Å². The van der Waals surface area contributed by atoms with E-state index in [0.29, 0.717) is 15.6 Å². The van der Waals surface area contributed by atoms with E-state index < -0.39 is 0 Å². The Labute approximate surface area is 115 Å². The third kappa shape index (κ3) is 2.57. The molecule has 0 aliphatic carbocycles. The summed E-state index contributed by atoms with van der Waals surface area (Å²) in [6, 6.07) is 5.04. The first-order chi connectivity index (χ1) is 8.63. The Balaban J connectivity index is 2.28. The number of rotatable bonds is 4. The molecule has 3 nitrogen and oxygen atoms in total. The van der Waals surface area contributed by atoms with E-state index in [1.807, 2.05) is 17.7 Å². The number of halogens is 2. The van der Waals surface area contributed by atoms with E-state index in [4.69, 9.17) is 23.2 Å². The Morgan fingerprint density at radius 1 is 1.33 bits per heavy atom. The molecular weight excluding hydrogens is 271 g/mol. The van der Waals surface area contributed by atoms with Crippen molar-refractivity contribution in [2.45, 2.75) is 19.9 Å². The number of hydrogen-bond acceptors (Lipinski definition) is 2. The Hall–Kier alpha value is -1.32. The first-order valence-electron chi connectivity index (χ1n) is 5.60. The van der Waals surface area contributed by atoms with Crippen molar-refractivity contribution in [1.82, 2.24) is 9.55 Å². The zero-order valence-electron chi connectivity index (χ0n) is 9.86. The van der Waals surface area contributed by atoms with Gasteiger partial charge >= 0.3 is 0 Å². The number of hydrogen-bond donors (Lipinski definition) is 0. The second-order valence-corrected chi connectivity index (χ2v) is 4.64. The maximum atomic E-state index is 12.2. The van der Waals surface area contributed by atoms with Gasteiger partial charge in [0, 0.05) is 18.9 Å². The van der Waals surface area contributed by atoms with E-state index in [0.717, 1.165) is 12.4 Å². The maximum Gasteiger partial charge on any atom is 0.173 e. The fourth-order valence-electron chi connectivity index (χ4n) is 1.79. The van der Waals surface area contributed by atoms with Crippen LogP contribution in [-0.4, -0.2) is 15.3 Å². The highest BCUT2D eigenvalue weighted by molar-refractivity contribution is 6.39. The topological polar surface area (TPSA) is 34.9 Å². The predicted molar refractivity (Wildman–Crippen MR) is 72.4 cm³/mol. The molecule has 1 aromatic carbocycles. The number of carbonyl (C=O) groups is 1. The summed E-state index contributed by atoms with van der Waals surface area (Å²) in [7, 11) is 0. The number of ketones is 1. The fraction of sp³-hybridized carbons (Fsp3) is 0.231. The van der Waals surface area contributed by atoms with Crippen LogP contribution >= 0.6 is 23.2 Å². The summed E-state index contributed by atoms with van der Waals surface area (Å²) >= 11 is 12.0. The van der Waals surface area contributed by atoms with Gasteiger partial charge in [-0.3, -0.25) is 4.79 Å². The SMILES string of the molecule is CCn1ccnc1CC(=O)c1c(Cl)cccc1Cl. The molecule has 94 valence electrons. The van der Waals surface area contributed by atoms with Crippen LogP contribution in [0.25, 0.3) is 0 Å². The number of nitrogens with zero attached hydrogens (tertiary/aromatic N) is 2. The normalized spacial score (nSPS) is 10.6. The second-order valence-electron chi connectivity index (χ2n) is 3.83. The molecule has 0 amide bonds. The van der Waals surface area contributed by atoms with Gasteiger partial charge in [-0.15, -0.1) is 0 Å². The van der Waals surface area contributed by atoms with E-state index in [2.05, 4.69) is 4.98 Å². The molecule has 0 saturated carbocycles. The molecule has 0 atom stereocenters. The van der Waals surface area contributed by atoms with E-state index in [9.17, 15) is 4.79 Å². The summed E-state index contributed by atoms with van der Waals surface area (Å²) in [6.45, 7) is 2.77. The number of imidazole rings is 1. The first-order valence-corrected chi connectivity index (χ1v) is 6.36. The minimum atomic E-state index is -0.119. The van der Waals surface area contributed by atoms with Crippen LogP contribution in [0.4, 0.5) is 0 Å². The molecule has 0 saturated heterocycles. The van der Waals surface area contributed by atoms with Crippen molar-refractivity contribution in [1.29, 1.82) is 0 Å². The first kappa shape index (κ1) is 13.1. The van der Waals surface area contributed by atoms with Crippen LogP contribution in [0, 0.1) is 0 Å². The van der Waals surface area contributed by atoms with Crippen molar-refractivity contribution >= 4 is 29.0 Å². The van der Waals surface area contributed by atoms with Crippen LogP contribution in [0.2, 0.25) is 10.0 Å². The molecule has 1 heterocycles. The molecule has 0 bridgehead atoms. The minimum absolute atomic E-state index is 0.119. The zero-order chi connectivity index (χ0) is 13.1. The monoisotopic (exact) mass is 282 g/mol. The molecule has 2 aromatic rings. The zero-order valence-corrected chi connectivity index (χ0v) is 11.4. The molecule has 0 aliphatic rings. The number of Topliss-reactive ketones (excluding diaryl/α,β-unsaturated/α-hetero) is 1. The molecule has 0 unspecified atom stereocenters. The van der Waals surface area contributed by atoms with Gasteiger partial charge in [0.15, 0.2) is 5.78 Å². The van der Waals surface area contributed by atoms with E-state index >= 15 is 0 Å². The van der Waals surface area contributed by atoms with Gasteiger partial charge in [-0.05, 0) is 19.1 Å². The fourth-order valence-corrected chi connectivity index (χ4v) is 2.40. The van der Waals surface area contributed by atoms with Crippen LogP contribution in [-0.2, 0) is 13.0 Å². The van der Waals surface area contributed by atoms with Gasteiger partial charge in [0.25, 0.3) is 0 Å². The third-order valence-corrected chi connectivity index (χ3v) is 3.33. The molecule has 5 heteroatoms. The summed E-state index contributed by atoms with van der Waals surface area (Å²) in [6.07, 6.45) is 3.72. The largest absolute Gasteiger partial charge is 0.335 e. The highest BCUT2D eigenvalue weighted by Gasteiger charge is 2.16. The lowest BCUT2D eigenvalue weighted by molar-refractivity contribution is 0.0990. The number of aromatic nitrogens is 2. The highest BCUT2D eigenvalue weighted by Crippen LogP contribution is 2.25. The van der Waals surface area contributed by atoms with Crippen LogP contribution in [0.1, 0.15) is 23.1 Å². The van der Waals surface area contributed by atoms with E-state index in [1.54, 1.807) is 24.4 Å². The lowest BCUT2D eigenvalue weighted by Crippen LogP contribution is -2.10. The van der Waals surface area contributed by atoms with Gasteiger partial charge in [0.2, 0.25) is 0 Å². The molecule has 0 fully saturated rings. The molecule has 0 spiro atoms. The van der Waals surface area contributed by atoms with Crippen molar-refractivity contribution in [2.24, 2.45) is 0 Å². The molecule has 2 rings (SSSR count). The summed E-state index contributed by atoms with van der Waals surface area (Å²) < 4.78 is 1.92. The number of carbonyl (C=O) groups excluding carboxylic acids is 1. The second kappa shape index (κ2) is 5.55. The lowest BCUT2D eigenvalue weighted by atomic mass is 10.1. The molecule has 1 aromatic heterocycles. The smallest absolute Gasteiger partial charge is 0.173 e. The predicted octanol–water partition coefficient (Wildman–Crippen LogP) is 3.64. The summed E-state index contributed by atoms with van der Waals surface area (Å²) in [5.74, 6) is 0.602. The van der Waals surface area contributed by atoms with Gasteiger partial charge < -0.3 is 4.57 Å². The van der Waals surface area contributed by atoms with E-state index in [1.165, 1.54) is 0 Å². The third-order valence-electron chi connectivity index (χ3n) is 2.70. The van der Waals surface area contributed by atoms with Crippen molar-refractivity contribution in [3.8, 4) is 0 Å². The molecular formula is C13H12Cl2N2O. The molecule has 0 N–H and O–H groups in total. The lowest BCUT2D eigenvalue weighted by Gasteiger charge is -2.07. The molecule has 0 radical (unpaired) electrons. The Kier molecular flexibility index (Phi) is 4.04. The van der Waals surface area contributed by atoms with Crippen molar-refractivity contribution in [2.75, 3.05) is 0 Å². The Bertz CT molecular complexity index is 558. The summed E-state index contributed by atoms with van der Waals surface area (Å²) in [4.78, 5) is 16.4. The van der Waals surface area contributed by atoms with Gasteiger partial charge in [0.05, 0.1) is 22.0 Å². The average molecular weight is 283 g/mol. The standard InChI is InChI=1S/C13H12Cl2N2O/c1-2-17-7-6-16-12(17)8-11(18)13-9(14)4-3-5-10(13)15/h3-7H,2,8H2,1H3.